The number of fused-ring (bicyclic) bond motifs is 1. The van der Waals surface area contributed by atoms with Gasteiger partial charge in [-0.25, -0.2) is 9.78 Å². The lowest BCUT2D eigenvalue weighted by molar-refractivity contribution is 0.103. The molecule has 0 saturated carbocycles. The molecule has 0 saturated heterocycles. The number of aryl methyl sites for hydroxylation is 1. The molecule has 0 aliphatic heterocycles. The number of para-hydroxylation sites is 1. The van der Waals surface area contributed by atoms with Gasteiger partial charge in [-0.05, 0) is 18.2 Å². The van der Waals surface area contributed by atoms with E-state index in [-0.39, 0.29) is 27.9 Å². The summed E-state index contributed by atoms with van der Waals surface area (Å²) in [6, 6.07) is 7.52. The van der Waals surface area contributed by atoms with Crippen LogP contribution in [0.15, 0.2) is 46.1 Å². The number of rotatable bonds is 2. The number of aromatic hydroxyl groups is 1. The van der Waals surface area contributed by atoms with E-state index in [0.717, 1.165) is 4.57 Å². The number of nitrogens with zero attached hydrogens (tertiary/aromatic N) is 3. The zero-order valence-corrected chi connectivity index (χ0v) is 12.5. The molecule has 2 aromatic heterocycles. The van der Waals surface area contributed by atoms with Gasteiger partial charge in [0, 0.05) is 25.9 Å². The van der Waals surface area contributed by atoms with Gasteiger partial charge < -0.3 is 5.11 Å². The predicted octanol–water partition coefficient (Wildman–Crippen LogP) is 0.569. The van der Waals surface area contributed by atoms with Crippen LogP contribution in [0.5, 0.6) is 5.75 Å². The fourth-order valence-corrected chi connectivity index (χ4v) is 2.41. The van der Waals surface area contributed by atoms with Crippen LogP contribution >= 0.6 is 0 Å². The zero-order valence-electron chi connectivity index (χ0n) is 12.5. The maximum Gasteiger partial charge on any atom is 0.332 e. The van der Waals surface area contributed by atoms with Crippen molar-refractivity contribution in [2.75, 3.05) is 0 Å². The smallest absolute Gasteiger partial charge is 0.332 e. The number of benzene rings is 1. The average molecular weight is 311 g/mol. The molecule has 0 unspecified atom stereocenters. The van der Waals surface area contributed by atoms with Gasteiger partial charge in [0.2, 0.25) is 0 Å². The van der Waals surface area contributed by atoms with Crippen LogP contribution in [0.2, 0.25) is 0 Å². The fraction of sp³-hybridized carbons (Fsp3) is 0.125. The molecular formula is C16H13N3O4. The summed E-state index contributed by atoms with van der Waals surface area (Å²) in [5, 5.41) is 9.95. The summed E-state index contributed by atoms with van der Waals surface area (Å²) in [6.45, 7) is 0. The standard InChI is InChI=1S/C16H13N3O4/c1-18-14-11(15(22)19(2)16(18)23)7-9(8-17-14)13(21)10-5-3-4-6-12(10)20/h3-8,20H,1-2H3. The Labute approximate surface area is 130 Å². The molecule has 7 nitrogen and oxygen atoms in total. The average Bonchev–Trinajstić information content (AvgIpc) is 2.57. The molecule has 7 heteroatoms. The highest BCUT2D eigenvalue weighted by Crippen LogP contribution is 2.20. The number of carbonyl (C=O) groups is 1. The highest BCUT2D eigenvalue weighted by Gasteiger charge is 2.16. The van der Waals surface area contributed by atoms with Crippen molar-refractivity contribution in [3.8, 4) is 5.75 Å². The first-order valence-corrected chi connectivity index (χ1v) is 6.80. The lowest BCUT2D eigenvalue weighted by atomic mass is 10.0. The van der Waals surface area contributed by atoms with Crippen LogP contribution in [0.25, 0.3) is 11.0 Å². The number of hydrogen-bond donors (Lipinski definition) is 1. The Bertz CT molecular complexity index is 1060. The summed E-state index contributed by atoms with van der Waals surface area (Å²) in [4.78, 5) is 40.7. The fourth-order valence-electron chi connectivity index (χ4n) is 2.41. The highest BCUT2D eigenvalue weighted by molar-refractivity contribution is 6.11. The lowest BCUT2D eigenvalue weighted by Crippen LogP contribution is -2.37. The van der Waals surface area contributed by atoms with E-state index in [1.165, 1.54) is 43.1 Å². The van der Waals surface area contributed by atoms with E-state index in [0.29, 0.717) is 0 Å². The maximum absolute atomic E-state index is 12.5. The Morgan fingerprint density at radius 2 is 1.83 bits per heavy atom. The molecule has 0 bridgehead atoms. The van der Waals surface area contributed by atoms with Crippen molar-refractivity contribution in [1.82, 2.24) is 14.1 Å². The molecule has 0 aliphatic carbocycles. The van der Waals surface area contributed by atoms with Gasteiger partial charge in [-0.2, -0.15) is 0 Å². The van der Waals surface area contributed by atoms with Gasteiger partial charge in [0.1, 0.15) is 11.4 Å². The Balaban J connectivity index is 2.26. The zero-order chi connectivity index (χ0) is 16.7. The number of phenols is 1. The second-order valence-corrected chi connectivity index (χ2v) is 5.15. The van der Waals surface area contributed by atoms with Crippen LogP contribution in [0.1, 0.15) is 15.9 Å². The normalized spacial score (nSPS) is 10.9. The number of phenolic OH excluding ortho intramolecular Hbond substituents is 1. The van der Waals surface area contributed by atoms with Crippen LogP contribution in [0, 0.1) is 0 Å². The van der Waals surface area contributed by atoms with Gasteiger partial charge in [0.05, 0.1) is 10.9 Å². The van der Waals surface area contributed by atoms with Crippen molar-refractivity contribution in [3.63, 3.8) is 0 Å². The minimum atomic E-state index is -0.525. The predicted molar refractivity (Wildman–Crippen MR) is 83.8 cm³/mol. The molecule has 0 spiro atoms. The molecule has 0 radical (unpaired) electrons. The van der Waals surface area contributed by atoms with Crippen molar-refractivity contribution in [2.45, 2.75) is 0 Å². The van der Waals surface area contributed by atoms with Gasteiger partial charge in [-0.3, -0.25) is 18.7 Å². The number of pyridine rings is 1. The third kappa shape index (κ3) is 2.22. The van der Waals surface area contributed by atoms with E-state index in [9.17, 15) is 19.5 Å². The Hall–Kier alpha value is -3.22. The molecule has 0 amide bonds. The minimum absolute atomic E-state index is 0.121. The topological polar surface area (TPSA) is 94.2 Å². The summed E-state index contributed by atoms with van der Waals surface area (Å²) in [6.07, 6.45) is 1.29. The SMILES string of the molecule is Cn1c(=O)c2cc(C(=O)c3ccccc3O)cnc2n(C)c1=O. The second-order valence-electron chi connectivity index (χ2n) is 5.15. The third-order valence-electron chi connectivity index (χ3n) is 3.70. The molecule has 0 aliphatic rings. The largest absolute Gasteiger partial charge is 0.507 e. The Morgan fingerprint density at radius 3 is 2.52 bits per heavy atom. The molecular weight excluding hydrogens is 298 g/mol. The van der Waals surface area contributed by atoms with E-state index in [4.69, 9.17) is 0 Å². The van der Waals surface area contributed by atoms with Crippen LogP contribution in [0.4, 0.5) is 0 Å². The molecule has 23 heavy (non-hydrogen) atoms. The van der Waals surface area contributed by atoms with E-state index >= 15 is 0 Å². The number of ketones is 1. The van der Waals surface area contributed by atoms with Crippen molar-refractivity contribution in [3.05, 3.63) is 68.5 Å². The summed E-state index contributed by atoms with van der Waals surface area (Å²) < 4.78 is 2.20. The summed E-state index contributed by atoms with van der Waals surface area (Å²) >= 11 is 0. The van der Waals surface area contributed by atoms with Crippen LogP contribution in [-0.2, 0) is 14.1 Å². The van der Waals surface area contributed by atoms with Gasteiger partial charge in [-0.1, -0.05) is 12.1 Å². The molecule has 3 rings (SSSR count). The Morgan fingerprint density at radius 1 is 1.13 bits per heavy atom. The number of aromatic nitrogens is 3. The summed E-state index contributed by atoms with van der Waals surface area (Å²) in [7, 11) is 2.86. The minimum Gasteiger partial charge on any atom is -0.507 e. The van der Waals surface area contributed by atoms with Crippen molar-refractivity contribution < 1.29 is 9.90 Å². The first kappa shape index (κ1) is 14.7. The summed E-state index contributed by atoms with van der Waals surface area (Å²) in [5.74, 6) is -0.598. The lowest BCUT2D eigenvalue weighted by Gasteiger charge is -2.08. The first-order valence-electron chi connectivity index (χ1n) is 6.80. The molecule has 116 valence electrons. The van der Waals surface area contributed by atoms with E-state index in [1.807, 2.05) is 0 Å². The third-order valence-corrected chi connectivity index (χ3v) is 3.70. The summed E-state index contributed by atoms with van der Waals surface area (Å²) in [5.41, 5.74) is -0.533. The monoisotopic (exact) mass is 311 g/mol. The molecule has 1 aromatic carbocycles. The van der Waals surface area contributed by atoms with Crippen LogP contribution < -0.4 is 11.2 Å². The van der Waals surface area contributed by atoms with Gasteiger partial charge in [-0.15, -0.1) is 0 Å². The van der Waals surface area contributed by atoms with Gasteiger partial charge in [0.25, 0.3) is 5.56 Å². The Kier molecular flexibility index (Phi) is 3.33. The van der Waals surface area contributed by atoms with Crippen molar-refractivity contribution in [1.29, 1.82) is 0 Å². The van der Waals surface area contributed by atoms with E-state index in [1.54, 1.807) is 12.1 Å². The number of carbonyl (C=O) groups excluding carboxylic acids is 1. The van der Waals surface area contributed by atoms with E-state index in [2.05, 4.69) is 4.98 Å². The molecule has 0 fully saturated rings. The van der Waals surface area contributed by atoms with Crippen LogP contribution in [-0.4, -0.2) is 25.0 Å². The molecule has 0 atom stereocenters. The molecule has 2 heterocycles. The highest BCUT2D eigenvalue weighted by atomic mass is 16.3. The van der Waals surface area contributed by atoms with Crippen LogP contribution in [0.3, 0.4) is 0 Å². The second kappa shape index (κ2) is 5.20. The van der Waals surface area contributed by atoms with Gasteiger partial charge >= 0.3 is 5.69 Å². The quantitative estimate of drug-likeness (QED) is 0.698. The van der Waals surface area contributed by atoms with Gasteiger partial charge in [0.15, 0.2) is 5.78 Å². The van der Waals surface area contributed by atoms with E-state index < -0.39 is 17.0 Å². The first-order chi connectivity index (χ1) is 10.9. The van der Waals surface area contributed by atoms with Crippen molar-refractivity contribution in [2.24, 2.45) is 14.1 Å². The van der Waals surface area contributed by atoms with Crippen molar-refractivity contribution >= 4 is 16.8 Å². The molecule has 1 N–H and O–H groups in total. The number of hydrogen-bond acceptors (Lipinski definition) is 5. The maximum atomic E-state index is 12.5. The molecule has 3 aromatic rings.